The molecule has 1 heterocycles. The van der Waals surface area contributed by atoms with Gasteiger partial charge in [-0.25, -0.2) is 4.99 Å². The number of aliphatic imine (C=N–C) groups is 1. The molecular weight excluding hydrogens is 173 g/mol. The lowest BCUT2D eigenvalue weighted by Crippen LogP contribution is -2.54. The lowest BCUT2D eigenvalue weighted by Gasteiger charge is -2.27. The maximum Gasteiger partial charge on any atom is 0.430 e. The minimum absolute atomic E-state index is 0.350. The third-order valence-electron chi connectivity index (χ3n) is 1.33. The van der Waals surface area contributed by atoms with Crippen LogP contribution in [0.2, 0.25) is 0 Å². The van der Waals surface area contributed by atoms with Gasteiger partial charge in [-0.15, -0.1) is 0 Å². The number of nitrogens with two attached hydrogens (primary N) is 2. The number of guanidine groups is 1. The van der Waals surface area contributed by atoms with Crippen LogP contribution in [-0.2, 0) is 0 Å². The number of nitrogens with zero attached hydrogens (tertiary/aromatic N) is 1. The molecule has 7 heteroatoms. The van der Waals surface area contributed by atoms with E-state index >= 15 is 0 Å². The molecule has 0 aromatic rings. The molecule has 12 heavy (non-hydrogen) atoms. The van der Waals surface area contributed by atoms with Crippen LogP contribution < -0.4 is 16.8 Å². The summed E-state index contributed by atoms with van der Waals surface area (Å²) >= 11 is 0. The summed E-state index contributed by atoms with van der Waals surface area (Å²) in [5.41, 5.74) is 7.23. The third-order valence-corrected chi connectivity index (χ3v) is 1.33. The highest BCUT2D eigenvalue weighted by molar-refractivity contribution is 5.80. The Morgan fingerprint density at radius 1 is 1.50 bits per heavy atom. The fourth-order valence-corrected chi connectivity index (χ4v) is 0.681. The topological polar surface area (TPSA) is 76.4 Å². The molecule has 0 aliphatic carbocycles. The minimum Gasteiger partial charge on any atom is -0.370 e. The van der Waals surface area contributed by atoms with Crippen molar-refractivity contribution in [2.45, 2.75) is 11.8 Å². The molecule has 1 unspecified atom stereocenters. The molecule has 0 saturated carbocycles. The molecule has 0 saturated heterocycles. The molecule has 0 fully saturated rings. The van der Waals surface area contributed by atoms with E-state index in [1.807, 2.05) is 0 Å². The Morgan fingerprint density at radius 3 is 2.42 bits per heavy atom. The average molecular weight is 180 g/mol. The standard InChI is InChI=1S/C5H7F3N4/c6-5(7,8)4(10)1-2-11-3(9)12-4/h1-2H,10H2,(H3,9,11,12). The molecule has 0 radical (unpaired) electrons. The Hall–Kier alpha value is -1.24. The second-order valence-electron chi connectivity index (χ2n) is 2.30. The highest BCUT2D eigenvalue weighted by Gasteiger charge is 2.51. The van der Waals surface area contributed by atoms with Gasteiger partial charge >= 0.3 is 6.18 Å². The summed E-state index contributed by atoms with van der Waals surface area (Å²) in [6.45, 7) is 0. The van der Waals surface area contributed by atoms with Crippen molar-refractivity contribution in [3.05, 3.63) is 12.3 Å². The second kappa shape index (κ2) is 2.37. The monoisotopic (exact) mass is 180 g/mol. The Kier molecular flexibility index (Phi) is 1.75. The first-order chi connectivity index (χ1) is 5.35. The Morgan fingerprint density at radius 2 is 2.08 bits per heavy atom. The van der Waals surface area contributed by atoms with Crippen LogP contribution in [0.4, 0.5) is 13.2 Å². The van der Waals surface area contributed by atoms with Crippen LogP contribution in [0, 0.1) is 0 Å². The Labute approximate surface area is 66.1 Å². The first-order valence-corrected chi connectivity index (χ1v) is 3.00. The van der Waals surface area contributed by atoms with Gasteiger partial charge in [0.2, 0.25) is 5.66 Å². The molecule has 1 rings (SSSR count). The van der Waals surface area contributed by atoms with E-state index in [1.54, 1.807) is 0 Å². The molecule has 5 N–H and O–H groups in total. The van der Waals surface area contributed by atoms with Crippen molar-refractivity contribution in [1.29, 1.82) is 0 Å². The third kappa shape index (κ3) is 1.35. The van der Waals surface area contributed by atoms with Crippen molar-refractivity contribution in [2.75, 3.05) is 0 Å². The van der Waals surface area contributed by atoms with Crippen molar-refractivity contribution in [3.63, 3.8) is 0 Å². The van der Waals surface area contributed by atoms with E-state index in [1.165, 1.54) is 0 Å². The molecule has 1 aliphatic rings. The highest BCUT2D eigenvalue weighted by Crippen LogP contribution is 2.31. The van der Waals surface area contributed by atoms with Crippen LogP contribution >= 0.6 is 0 Å². The quantitative estimate of drug-likeness (QED) is 0.476. The Bertz CT molecular complexity index is 244. The predicted molar refractivity (Wildman–Crippen MR) is 36.9 cm³/mol. The van der Waals surface area contributed by atoms with Gasteiger partial charge < -0.3 is 11.1 Å². The normalized spacial score (nSPS) is 29.5. The molecule has 1 atom stereocenters. The smallest absolute Gasteiger partial charge is 0.370 e. The van der Waals surface area contributed by atoms with Gasteiger partial charge in [-0.05, 0) is 6.08 Å². The molecule has 0 aromatic carbocycles. The lowest BCUT2D eigenvalue weighted by molar-refractivity contribution is -0.169. The molecule has 4 nitrogen and oxygen atoms in total. The first-order valence-electron chi connectivity index (χ1n) is 3.00. The summed E-state index contributed by atoms with van der Waals surface area (Å²) in [6.07, 6.45) is -2.92. The van der Waals surface area contributed by atoms with Crippen LogP contribution in [0.3, 0.4) is 0 Å². The maximum atomic E-state index is 12.1. The molecule has 0 amide bonds. The van der Waals surface area contributed by atoms with E-state index in [4.69, 9.17) is 11.5 Å². The summed E-state index contributed by atoms with van der Waals surface area (Å²) in [5, 5.41) is 2.28. The van der Waals surface area contributed by atoms with E-state index in [-0.39, 0.29) is 5.96 Å². The molecule has 1 aliphatic heterocycles. The fourth-order valence-electron chi connectivity index (χ4n) is 0.681. The van der Waals surface area contributed by atoms with E-state index in [0.29, 0.717) is 6.08 Å². The lowest BCUT2D eigenvalue weighted by atomic mass is 10.1. The summed E-state index contributed by atoms with van der Waals surface area (Å²) in [7, 11) is 0. The second-order valence-corrected chi connectivity index (χ2v) is 2.30. The van der Waals surface area contributed by atoms with E-state index < -0.39 is 11.8 Å². The predicted octanol–water partition coefficient (Wildman–Crippen LogP) is -0.365. The van der Waals surface area contributed by atoms with Crippen LogP contribution in [0.5, 0.6) is 0 Å². The molecule has 0 bridgehead atoms. The number of hydrogen-bond acceptors (Lipinski definition) is 4. The van der Waals surface area contributed by atoms with Gasteiger partial charge in [0.15, 0.2) is 5.96 Å². The molecule has 0 aromatic heterocycles. The molecule has 0 spiro atoms. The summed E-state index contributed by atoms with van der Waals surface area (Å²) in [6, 6.07) is 0. The number of rotatable bonds is 0. The van der Waals surface area contributed by atoms with Crippen molar-refractivity contribution in [3.8, 4) is 0 Å². The zero-order chi connectivity index (χ0) is 9.41. The zero-order valence-electron chi connectivity index (χ0n) is 5.89. The molecule has 68 valence electrons. The van der Waals surface area contributed by atoms with Gasteiger partial charge in [0, 0.05) is 6.20 Å². The fraction of sp³-hybridized carbons (Fsp3) is 0.400. The van der Waals surface area contributed by atoms with Gasteiger partial charge in [0.25, 0.3) is 0 Å². The Balaban J connectivity index is 2.99. The number of nitrogens with one attached hydrogen (secondary N) is 1. The van der Waals surface area contributed by atoms with Gasteiger partial charge in [-0.3, -0.25) is 5.73 Å². The van der Waals surface area contributed by atoms with Crippen LogP contribution in [0.1, 0.15) is 0 Å². The van der Waals surface area contributed by atoms with Crippen molar-refractivity contribution < 1.29 is 13.2 Å². The van der Waals surface area contributed by atoms with Crippen LogP contribution in [0.25, 0.3) is 0 Å². The highest BCUT2D eigenvalue weighted by atomic mass is 19.4. The van der Waals surface area contributed by atoms with Crippen molar-refractivity contribution in [1.82, 2.24) is 5.32 Å². The van der Waals surface area contributed by atoms with Crippen LogP contribution in [-0.4, -0.2) is 17.8 Å². The first kappa shape index (κ1) is 8.85. The molecular formula is C5H7F3N4. The van der Waals surface area contributed by atoms with Crippen LogP contribution in [0.15, 0.2) is 17.3 Å². The number of halogens is 3. The van der Waals surface area contributed by atoms with Gasteiger partial charge in [0.05, 0.1) is 0 Å². The van der Waals surface area contributed by atoms with E-state index in [0.717, 1.165) is 6.20 Å². The van der Waals surface area contributed by atoms with Crippen molar-refractivity contribution in [2.24, 2.45) is 16.5 Å². The maximum absolute atomic E-state index is 12.1. The number of hydrogen-bond donors (Lipinski definition) is 3. The largest absolute Gasteiger partial charge is 0.430 e. The average Bonchev–Trinajstić information content (AvgIpc) is 1.83. The SMILES string of the molecule is NC1=NC(N)(C(F)(F)F)C=CN1. The summed E-state index contributed by atoms with van der Waals surface area (Å²) in [4.78, 5) is 3.03. The van der Waals surface area contributed by atoms with Crippen molar-refractivity contribution >= 4 is 5.96 Å². The summed E-state index contributed by atoms with van der Waals surface area (Å²) < 4.78 is 36.4. The summed E-state index contributed by atoms with van der Waals surface area (Å²) in [5.74, 6) is -0.350. The van der Waals surface area contributed by atoms with E-state index in [2.05, 4.69) is 10.3 Å². The van der Waals surface area contributed by atoms with Gasteiger partial charge in [0.1, 0.15) is 0 Å². The minimum atomic E-state index is -4.63. The zero-order valence-corrected chi connectivity index (χ0v) is 5.89. The van der Waals surface area contributed by atoms with Gasteiger partial charge in [-0.1, -0.05) is 0 Å². The van der Waals surface area contributed by atoms with Gasteiger partial charge in [-0.2, -0.15) is 13.2 Å². The number of alkyl halides is 3. The van der Waals surface area contributed by atoms with E-state index in [9.17, 15) is 13.2 Å².